The molecule has 0 spiro atoms. The lowest BCUT2D eigenvalue weighted by molar-refractivity contribution is -0.196. The Bertz CT molecular complexity index is 414. The van der Waals surface area contributed by atoms with Gasteiger partial charge in [0, 0.05) is 5.41 Å². The van der Waals surface area contributed by atoms with Gasteiger partial charge in [0.25, 0.3) is 0 Å². The molecule has 4 nitrogen and oxygen atoms in total. The maximum Gasteiger partial charge on any atom is 0.401 e. The van der Waals surface area contributed by atoms with Gasteiger partial charge < -0.3 is 9.47 Å². The predicted molar refractivity (Wildman–Crippen MR) is 66.2 cm³/mol. The molecule has 0 aromatic carbocycles. The summed E-state index contributed by atoms with van der Waals surface area (Å²) in [6.45, 7) is 2.63. The molecule has 0 rings (SSSR count). The van der Waals surface area contributed by atoms with Gasteiger partial charge in [0.15, 0.2) is 0 Å². The number of esters is 2. The first-order chi connectivity index (χ1) is 10.1. The van der Waals surface area contributed by atoms with Gasteiger partial charge in [-0.1, -0.05) is 13.8 Å². The number of halogens is 6. The van der Waals surface area contributed by atoms with E-state index in [1.165, 1.54) is 13.8 Å². The van der Waals surface area contributed by atoms with Gasteiger partial charge in [0.2, 0.25) is 0 Å². The molecule has 0 saturated carbocycles. The highest BCUT2D eigenvalue weighted by molar-refractivity contribution is 5.73. The zero-order valence-corrected chi connectivity index (χ0v) is 12.8. The quantitative estimate of drug-likeness (QED) is 0.519. The number of ether oxygens (including phenoxy) is 2. The summed E-state index contributed by atoms with van der Waals surface area (Å²) < 4.78 is 81.7. The molecule has 0 aliphatic carbocycles. The van der Waals surface area contributed by atoms with Crippen LogP contribution in [0, 0.1) is 11.3 Å². The molecule has 0 bridgehead atoms. The predicted octanol–water partition coefficient (Wildman–Crippen LogP) is 3.64. The summed E-state index contributed by atoms with van der Waals surface area (Å²) in [5.74, 6) is -4.87. The van der Waals surface area contributed by atoms with Crippen molar-refractivity contribution in [3.8, 4) is 0 Å². The number of rotatable bonds is 7. The average molecular weight is 352 g/mol. The van der Waals surface area contributed by atoms with Crippen LogP contribution in [0.2, 0.25) is 0 Å². The van der Waals surface area contributed by atoms with Crippen LogP contribution in [0.25, 0.3) is 0 Å². The topological polar surface area (TPSA) is 52.6 Å². The highest BCUT2D eigenvalue weighted by Gasteiger charge is 2.42. The fraction of sp³-hybridized carbons (Fsp3) is 0.846. The van der Waals surface area contributed by atoms with Crippen molar-refractivity contribution in [1.82, 2.24) is 0 Å². The Morgan fingerprint density at radius 1 is 0.957 bits per heavy atom. The molecular formula is C13H18F6O4. The molecule has 10 heteroatoms. The second-order valence-electron chi connectivity index (χ2n) is 5.81. The van der Waals surface area contributed by atoms with E-state index in [-0.39, 0.29) is 0 Å². The number of hydrogen-bond donors (Lipinski definition) is 0. The Morgan fingerprint density at radius 3 is 1.87 bits per heavy atom. The number of hydrogen-bond acceptors (Lipinski definition) is 4. The summed E-state index contributed by atoms with van der Waals surface area (Å²) in [4.78, 5) is 22.3. The summed E-state index contributed by atoms with van der Waals surface area (Å²) in [6.07, 6.45) is -11.4. The van der Waals surface area contributed by atoms with Gasteiger partial charge in [-0.2, -0.15) is 26.3 Å². The third-order valence-electron chi connectivity index (χ3n) is 2.69. The highest BCUT2D eigenvalue weighted by Crippen LogP contribution is 2.27. The Morgan fingerprint density at radius 2 is 1.43 bits per heavy atom. The first kappa shape index (κ1) is 21.5. The molecule has 23 heavy (non-hydrogen) atoms. The van der Waals surface area contributed by atoms with Crippen LogP contribution in [0.4, 0.5) is 26.3 Å². The molecule has 0 aromatic rings. The van der Waals surface area contributed by atoms with Crippen LogP contribution in [0.3, 0.4) is 0 Å². The van der Waals surface area contributed by atoms with Crippen LogP contribution in [0.1, 0.15) is 33.6 Å². The van der Waals surface area contributed by atoms with Crippen molar-refractivity contribution in [2.24, 2.45) is 11.3 Å². The SMILES string of the molecule is CC(C(=O)OCC(C)(C)COC(=O)CCC(F)(F)F)C(F)(F)F. The zero-order valence-electron chi connectivity index (χ0n) is 12.8. The molecule has 0 saturated heterocycles. The molecule has 0 amide bonds. The lowest BCUT2D eigenvalue weighted by atomic mass is 9.96. The molecule has 136 valence electrons. The molecule has 0 aliphatic heterocycles. The number of carbonyl (C=O) groups is 2. The van der Waals surface area contributed by atoms with Crippen molar-refractivity contribution in [2.45, 2.75) is 46.0 Å². The largest absolute Gasteiger partial charge is 0.465 e. The molecule has 1 unspecified atom stereocenters. The minimum Gasteiger partial charge on any atom is -0.465 e. The van der Waals surface area contributed by atoms with Gasteiger partial charge in [0.05, 0.1) is 26.1 Å². The van der Waals surface area contributed by atoms with Crippen LogP contribution in [-0.4, -0.2) is 37.5 Å². The van der Waals surface area contributed by atoms with E-state index in [0.717, 1.165) is 0 Å². The average Bonchev–Trinajstić information content (AvgIpc) is 2.37. The summed E-state index contributed by atoms with van der Waals surface area (Å²) in [5, 5.41) is 0. The van der Waals surface area contributed by atoms with Crippen molar-refractivity contribution in [3.05, 3.63) is 0 Å². The van der Waals surface area contributed by atoms with Gasteiger partial charge in [-0.05, 0) is 6.92 Å². The van der Waals surface area contributed by atoms with Gasteiger partial charge in [-0.3, -0.25) is 9.59 Å². The smallest absolute Gasteiger partial charge is 0.401 e. The summed E-state index contributed by atoms with van der Waals surface area (Å²) in [7, 11) is 0. The maximum absolute atomic E-state index is 12.3. The first-order valence-electron chi connectivity index (χ1n) is 6.60. The Balaban J connectivity index is 4.24. The Hall–Kier alpha value is -1.48. The summed E-state index contributed by atoms with van der Waals surface area (Å²) >= 11 is 0. The maximum atomic E-state index is 12.3. The normalized spacial score (nSPS) is 14.3. The van der Waals surface area contributed by atoms with Crippen LogP contribution in [0.15, 0.2) is 0 Å². The second kappa shape index (κ2) is 7.87. The Kier molecular flexibility index (Phi) is 7.36. The monoisotopic (exact) mass is 352 g/mol. The van der Waals surface area contributed by atoms with E-state index in [1.807, 2.05) is 0 Å². The summed E-state index contributed by atoms with van der Waals surface area (Å²) in [6, 6.07) is 0. The van der Waals surface area contributed by atoms with E-state index < -0.39 is 61.7 Å². The fourth-order valence-electron chi connectivity index (χ4n) is 1.16. The summed E-state index contributed by atoms with van der Waals surface area (Å²) in [5.41, 5.74) is -1.03. The van der Waals surface area contributed by atoms with Crippen LogP contribution in [0.5, 0.6) is 0 Å². The Labute approximate surface area is 129 Å². The minimum absolute atomic E-state index is 0.391. The van der Waals surface area contributed by atoms with E-state index in [0.29, 0.717) is 6.92 Å². The number of carbonyl (C=O) groups excluding carboxylic acids is 2. The fourth-order valence-corrected chi connectivity index (χ4v) is 1.16. The molecular weight excluding hydrogens is 334 g/mol. The van der Waals surface area contributed by atoms with Crippen molar-refractivity contribution < 1.29 is 45.4 Å². The lowest BCUT2D eigenvalue weighted by Crippen LogP contribution is -2.34. The van der Waals surface area contributed by atoms with E-state index in [2.05, 4.69) is 9.47 Å². The van der Waals surface area contributed by atoms with Crippen molar-refractivity contribution in [2.75, 3.05) is 13.2 Å². The first-order valence-corrected chi connectivity index (χ1v) is 6.60. The van der Waals surface area contributed by atoms with Crippen molar-refractivity contribution in [3.63, 3.8) is 0 Å². The standard InChI is InChI=1S/C13H18F6O4/c1-8(13(17,18)19)10(21)23-7-11(2,3)6-22-9(20)4-5-12(14,15)16/h8H,4-7H2,1-3H3. The molecule has 1 atom stereocenters. The van der Waals surface area contributed by atoms with Gasteiger partial charge >= 0.3 is 24.3 Å². The van der Waals surface area contributed by atoms with Gasteiger partial charge in [0.1, 0.15) is 5.92 Å². The molecule has 0 fully saturated rings. The van der Waals surface area contributed by atoms with Gasteiger partial charge in [-0.15, -0.1) is 0 Å². The minimum atomic E-state index is -4.73. The number of alkyl halides is 6. The third-order valence-corrected chi connectivity index (χ3v) is 2.69. The van der Waals surface area contributed by atoms with Crippen molar-refractivity contribution in [1.29, 1.82) is 0 Å². The molecule has 0 aromatic heterocycles. The van der Waals surface area contributed by atoms with E-state index in [4.69, 9.17) is 0 Å². The lowest BCUT2D eigenvalue weighted by Gasteiger charge is -2.25. The van der Waals surface area contributed by atoms with Crippen LogP contribution >= 0.6 is 0 Å². The van der Waals surface area contributed by atoms with Crippen molar-refractivity contribution >= 4 is 11.9 Å². The molecule has 0 heterocycles. The second-order valence-corrected chi connectivity index (χ2v) is 5.81. The highest BCUT2D eigenvalue weighted by atomic mass is 19.4. The van der Waals surface area contributed by atoms with Gasteiger partial charge in [-0.25, -0.2) is 0 Å². The zero-order chi connectivity index (χ0) is 18.5. The van der Waals surface area contributed by atoms with E-state index >= 15 is 0 Å². The van der Waals surface area contributed by atoms with E-state index in [9.17, 15) is 35.9 Å². The molecule has 0 N–H and O–H groups in total. The van der Waals surface area contributed by atoms with E-state index in [1.54, 1.807) is 0 Å². The molecule has 0 radical (unpaired) electrons. The van der Waals surface area contributed by atoms with Crippen LogP contribution in [-0.2, 0) is 19.1 Å². The molecule has 0 aliphatic rings. The third kappa shape index (κ3) is 10.0. The van der Waals surface area contributed by atoms with Crippen LogP contribution < -0.4 is 0 Å².